The summed E-state index contributed by atoms with van der Waals surface area (Å²) in [4.78, 5) is 11.5. The van der Waals surface area contributed by atoms with Crippen molar-refractivity contribution in [3.63, 3.8) is 0 Å². The van der Waals surface area contributed by atoms with Gasteiger partial charge in [0.1, 0.15) is 0 Å². The third-order valence-electron chi connectivity index (χ3n) is 2.35. The molecule has 0 fully saturated rings. The van der Waals surface area contributed by atoms with Gasteiger partial charge in [-0.2, -0.15) is 0 Å². The lowest BCUT2D eigenvalue weighted by Gasteiger charge is -2.17. The quantitative estimate of drug-likeness (QED) is 0.631. The van der Waals surface area contributed by atoms with Crippen molar-refractivity contribution in [1.82, 2.24) is 5.32 Å². The maximum atomic E-state index is 11.5. The number of carbonyl (C=O) groups excluding carboxylic acids is 1. The second-order valence-electron chi connectivity index (χ2n) is 4.53. The molecule has 0 aromatic carbocycles. The fraction of sp³-hybridized carbons (Fsp3) is 0.750. The van der Waals surface area contributed by atoms with E-state index in [0.29, 0.717) is 24.8 Å². The predicted octanol–water partition coefficient (Wildman–Crippen LogP) is 1.69. The van der Waals surface area contributed by atoms with E-state index >= 15 is 0 Å². The van der Waals surface area contributed by atoms with Crippen molar-refractivity contribution < 1.29 is 4.79 Å². The molecular formula is C12H24N2O. The van der Waals surface area contributed by atoms with Gasteiger partial charge in [-0.05, 0) is 31.7 Å². The number of carbonyl (C=O) groups is 1. The molecule has 0 aromatic rings. The average molecular weight is 212 g/mol. The fourth-order valence-electron chi connectivity index (χ4n) is 1.56. The molecule has 15 heavy (non-hydrogen) atoms. The molecule has 3 nitrogen and oxygen atoms in total. The standard InChI is InChI=1S/C12H24N2O/c1-5-10(4)14-12(15)7-11(8-13)6-9(2)3/h5,9-11H,1,6-8,13H2,2-4H3,(H,14,15)/t10?,11-/m0/s1. The van der Waals surface area contributed by atoms with Crippen molar-refractivity contribution in [3.8, 4) is 0 Å². The first-order valence-corrected chi connectivity index (χ1v) is 5.61. The van der Waals surface area contributed by atoms with Crippen molar-refractivity contribution in [1.29, 1.82) is 0 Å². The SMILES string of the molecule is C=CC(C)NC(=O)C[C@@H](CN)CC(C)C. The minimum Gasteiger partial charge on any atom is -0.350 e. The number of nitrogens with one attached hydrogen (secondary N) is 1. The van der Waals surface area contributed by atoms with Gasteiger partial charge in [-0.15, -0.1) is 6.58 Å². The first-order chi connectivity index (χ1) is 6.99. The summed E-state index contributed by atoms with van der Waals surface area (Å²) in [6.07, 6.45) is 3.25. The Kier molecular flexibility index (Phi) is 7.05. The average Bonchev–Trinajstić information content (AvgIpc) is 2.15. The summed E-state index contributed by atoms with van der Waals surface area (Å²) in [7, 11) is 0. The summed E-state index contributed by atoms with van der Waals surface area (Å²) in [5, 5.41) is 2.86. The third-order valence-corrected chi connectivity index (χ3v) is 2.35. The van der Waals surface area contributed by atoms with Gasteiger partial charge in [0, 0.05) is 12.5 Å². The monoisotopic (exact) mass is 212 g/mol. The van der Waals surface area contributed by atoms with Gasteiger partial charge in [0.05, 0.1) is 0 Å². The molecule has 2 atom stereocenters. The Morgan fingerprint density at radius 1 is 1.47 bits per heavy atom. The molecule has 0 saturated heterocycles. The van der Waals surface area contributed by atoms with Crippen molar-refractivity contribution in [2.75, 3.05) is 6.54 Å². The van der Waals surface area contributed by atoms with Crippen LogP contribution < -0.4 is 11.1 Å². The van der Waals surface area contributed by atoms with Crippen molar-refractivity contribution in [3.05, 3.63) is 12.7 Å². The summed E-state index contributed by atoms with van der Waals surface area (Å²) >= 11 is 0. The van der Waals surface area contributed by atoms with Crippen molar-refractivity contribution >= 4 is 5.91 Å². The van der Waals surface area contributed by atoms with E-state index in [-0.39, 0.29) is 11.9 Å². The second-order valence-corrected chi connectivity index (χ2v) is 4.53. The van der Waals surface area contributed by atoms with Crippen LogP contribution in [0.5, 0.6) is 0 Å². The van der Waals surface area contributed by atoms with Gasteiger partial charge in [-0.1, -0.05) is 19.9 Å². The summed E-state index contributed by atoms with van der Waals surface area (Å²) in [5.74, 6) is 0.948. The van der Waals surface area contributed by atoms with Crippen LogP contribution >= 0.6 is 0 Å². The lowest BCUT2D eigenvalue weighted by Crippen LogP contribution is -2.33. The van der Waals surface area contributed by atoms with E-state index in [0.717, 1.165) is 6.42 Å². The van der Waals surface area contributed by atoms with E-state index in [1.54, 1.807) is 6.08 Å². The highest BCUT2D eigenvalue weighted by molar-refractivity contribution is 5.76. The van der Waals surface area contributed by atoms with Crippen LogP contribution in [0, 0.1) is 11.8 Å². The van der Waals surface area contributed by atoms with Gasteiger partial charge in [-0.3, -0.25) is 4.79 Å². The molecule has 0 heterocycles. The molecule has 1 amide bonds. The summed E-state index contributed by atoms with van der Waals surface area (Å²) < 4.78 is 0. The Balaban J connectivity index is 3.95. The number of nitrogens with two attached hydrogens (primary N) is 1. The highest BCUT2D eigenvalue weighted by Gasteiger charge is 2.14. The molecule has 0 aliphatic carbocycles. The molecule has 0 spiro atoms. The van der Waals surface area contributed by atoms with Gasteiger partial charge < -0.3 is 11.1 Å². The van der Waals surface area contributed by atoms with Gasteiger partial charge in [0.2, 0.25) is 5.91 Å². The van der Waals surface area contributed by atoms with E-state index in [4.69, 9.17) is 5.73 Å². The van der Waals surface area contributed by atoms with Crippen LogP contribution in [-0.2, 0) is 4.79 Å². The molecule has 0 rings (SSSR count). The number of amides is 1. The lowest BCUT2D eigenvalue weighted by molar-refractivity contribution is -0.122. The smallest absolute Gasteiger partial charge is 0.220 e. The maximum Gasteiger partial charge on any atom is 0.220 e. The van der Waals surface area contributed by atoms with Crippen LogP contribution in [0.15, 0.2) is 12.7 Å². The van der Waals surface area contributed by atoms with Crippen LogP contribution in [0.3, 0.4) is 0 Å². The maximum absolute atomic E-state index is 11.5. The number of hydrogen-bond acceptors (Lipinski definition) is 2. The minimum atomic E-state index is 0.0370. The van der Waals surface area contributed by atoms with Crippen LogP contribution in [0.1, 0.15) is 33.6 Å². The van der Waals surface area contributed by atoms with E-state index in [1.165, 1.54) is 0 Å². The van der Waals surface area contributed by atoms with E-state index < -0.39 is 0 Å². The van der Waals surface area contributed by atoms with Gasteiger partial charge >= 0.3 is 0 Å². The molecule has 1 unspecified atom stereocenters. The molecule has 0 aromatic heterocycles. The lowest BCUT2D eigenvalue weighted by atomic mass is 9.94. The topological polar surface area (TPSA) is 55.1 Å². The predicted molar refractivity (Wildman–Crippen MR) is 64.4 cm³/mol. The minimum absolute atomic E-state index is 0.0370. The highest BCUT2D eigenvalue weighted by Crippen LogP contribution is 2.14. The van der Waals surface area contributed by atoms with Crippen molar-refractivity contribution in [2.45, 2.75) is 39.7 Å². The molecule has 0 aliphatic heterocycles. The van der Waals surface area contributed by atoms with Crippen LogP contribution in [0.2, 0.25) is 0 Å². The molecule has 0 bridgehead atoms. The van der Waals surface area contributed by atoms with E-state index in [2.05, 4.69) is 25.7 Å². The van der Waals surface area contributed by atoms with Crippen LogP contribution in [-0.4, -0.2) is 18.5 Å². The van der Waals surface area contributed by atoms with Gasteiger partial charge in [0.25, 0.3) is 0 Å². The van der Waals surface area contributed by atoms with Crippen LogP contribution in [0.4, 0.5) is 0 Å². The summed E-state index contributed by atoms with van der Waals surface area (Å²) in [5.41, 5.74) is 5.63. The van der Waals surface area contributed by atoms with E-state index in [1.807, 2.05) is 6.92 Å². The molecule has 3 N–H and O–H groups in total. The van der Waals surface area contributed by atoms with Crippen molar-refractivity contribution in [2.24, 2.45) is 17.6 Å². The largest absolute Gasteiger partial charge is 0.350 e. The first-order valence-electron chi connectivity index (χ1n) is 5.61. The Hall–Kier alpha value is -0.830. The van der Waals surface area contributed by atoms with Gasteiger partial charge in [-0.25, -0.2) is 0 Å². The normalized spacial score (nSPS) is 14.7. The Morgan fingerprint density at radius 2 is 2.07 bits per heavy atom. The van der Waals surface area contributed by atoms with Gasteiger partial charge in [0.15, 0.2) is 0 Å². The second kappa shape index (κ2) is 7.46. The zero-order chi connectivity index (χ0) is 11.8. The molecular weight excluding hydrogens is 188 g/mol. The number of hydrogen-bond donors (Lipinski definition) is 2. The zero-order valence-corrected chi connectivity index (χ0v) is 10.1. The number of rotatable bonds is 7. The Morgan fingerprint density at radius 3 is 2.47 bits per heavy atom. The summed E-state index contributed by atoms with van der Waals surface area (Å²) in [6.45, 7) is 10.4. The molecule has 3 heteroatoms. The molecule has 0 aliphatic rings. The third kappa shape index (κ3) is 7.14. The highest BCUT2D eigenvalue weighted by atomic mass is 16.1. The molecule has 0 saturated carbocycles. The van der Waals surface area contributed by atoms with Crippen LogP contribution in [0.25, 0.3) is 0 Å². The molecule has 0 radical (unpaired) electrons. The Labute approximate surface area is 93.1 Å². The molecule has 88 valence electrons. The van der Waals surface area contributed by atoms with E-state index in [9.17, 15) is 4.79 Å². The Bertz CT molecular complexity index is 202. The fourth-order valence-corrected chi connectivity index (χ4v) is 1.56. The zero-order valence-electron chi connectivity index (χ0n) is 10.1. The first kappa shape index (κ1) is 14.2. The summed E-state index contributed by atoms with van der Waals surface area (Å²) in [6, 6.07) is 0.0370.